The summed E-state index contributed by atoms with van der Waals surface area (Å²) >= 11 is 0. The summed E-state index contributed by atoms with van der Waals surface area (Å²) in [5, 5.41) is 13.1. The Labute approximate surface area is 536 Å². The number of nitrogens with zero attached hydrogens (tertiary/aromatic N) is 12. The van der Waals surface area contributed by atoms with Crippen LogP contribution >= 0.6 is 0 Å². The fraction of sp³-hybridized carbons (Fsp3) is 0.191. The van der Waals surface area contributed by atoms with Crippen molar-refractivity contribution in [2.75, 3.05) is 112 Å². The number of anilines is 9. The first-order chi connectivity index (χ1) is 45.4. The van der Waals surface area contributed by atoms with Gasteiger partial charge in [0, 0.05) is 136 Å². The average molecular weight is 1270 g/mol. The number of nitrogens with two attached hydrogens (primary N) is 1. The number of aromatic nitrogens is 9. The Morgan fingerprint density at radius 1 is 0.538 bits per heavy atom. The van der Waals surface area contributed by atoms with Crippen molar-refractivity contribution in [3.63, 3.8) is 0 Å². The van der Waals surface area contributed by atoms with Crippen molar-refractivity contribution in [1.82, 2.24) is 52.7 Å². The van der Waals surface area contributed by atoms with Crippen LogP contribution in [0.5, 0.6) is 11.9 Å². The third kappa shape index (κ3) is 13.0. The van der Waals surface area contributed by atoms with Gasteiger partial charge in [-0.3, -0.25) is 18.0 Å². The molecule has 0 atom stereocenters. The molecule has 15 rings (SSSR count). The second kappa shape index (κ2) is 26.8. The first kappa shape index (κ1) is 60.8. The fourth-order valence-electron chi connectivity index (χ4n) is 11.3. The molecule has 2 saturated heterocycles. The SMILES string of the molecule is CN(C)S(=O)(=O)c1ccc(Nc2ccc(-c3ccc4c(c3)CNC4=O)n3ccnc23)cc1.COc1ncc(-c2ccc(Nc3ccc(N4CCOCC4)cc3)c3nccn23)c(OC)n1.Nc1ccc(-c2ccc(Nc3ccc(N4CCOCC4)cc3)c3nccn23)cn1. The van der Waals surface area contributed by atoms with E-state index in [4.69, 9.17) is 24.7 Å². The summed E-state index contributed by atoms with van der Waals surface area (Å²) in [5.41, 5.74) is 23.2. The quantitative estimate of drug-likeness (QED) is 0.0639. The number of hydrogen-bond donors (Lipinski definition) is 5. The van der Waals surface area contributed by atoms with E-state index in [2.05, 4.69) is 120 Å². The van der Waals surface area contributed by atoms with E-state index in [0.29, 0.717) is 23.8 Å². The molecule has 93 heavy (non-hydrogen) atoms. The van der Waals surface area contributed by atoms with E-state index in [1.54, 1.807) is 68.4 Å². The van der Waals surface area contributed by atoms with Gasteiger partial charge >= 0.3 is 6.01 Å². The Morgan fingerprint density at radius 3 is 1.51 bits per heavy atom. The maximum Gasteiger partial charge on any atom is 0.319 e. The molecule has 24 nitrogen and oxygen atoms in total. The number of nitrogen functional groups attached to an aromatic ring is 1. The predicted molar refractivity (Wildman–Crippen MR) is 360 cm³/mol. The highest BCUT2D eigenvalue weighted by Crippen LogP contribution is 2.35. The molecule has 3 aliphatic heterocycles. The maximum absolute atomic E-state index is 12.3. The van der Waals surface area contributed by atoms with Gasteiger partial charge in [-0.15, -0.1) is 0 Å². The molecule has 12 aromatic rings. The highest BCUT2D eigenvalue weighted by Gasteiger charge is 2.22. The number of pyridine rings is 4. The van der Waals surface area contributed by atoms with Gasteiger partial charge in [0.05, 0.1) is 85.3 Å². The number of methoxy groups -OCH3 is 2. The molecular weight excluding hydrogens is 1200 g/mol. The zero-order chi connectivity index (χ0) is 64.0. The molecule has 0 saturated carbocycles. The molecule has 0 bridgehead atoms. The minimum Gasteiger partial charge on any atom is -0.480 e. The van der Waals surface area contributed by atoms with Gasteiger partial charge in [0.25, 0.3) is 5.91 Å². The van der Waals surface area contributed by atoms with E-state index >= 15 is 0 Å². The van der Waals surface area contributed by atoms with Gasteiger partial charge in [-0.1, -0.05) is 6.07 Å². The highest BCUT2D eigenvalue weighted by atomic mass is 32.2. The van der Waals surface area contributed by atoms with Crippen LogP contribution in [0.15, 0.2) is 194 Å². The van der Waals surface area contributed by atoms with Gasteiger partial charge in [0.2, 0.25) is 15.9 Å². The smallest absolute Gasteiger partial charge is 0.319 e. The van der Waals surface area contributed by atoms with Crippen LogP contribution in [-0.2, 0) is 26.0 Å². The minimum atomic E-state index is -3.47. The normalized spacial score (nSPS) is 13.8. The number of sulfonamides is 1. The molecule has 11 heterocycles. The van der Waals surface area contributed by atoms with Crippen molar-refractivity contribution in [3.05, 3.63) is 200 Å². The molecule has 472 valence electrons. The summed E-state index contributed by atoms with van der Waals surface area (Å²) in [6.45, 7) is 7.35. The molecule has 2 fully saturated rings. The first-order valence-electron chi connectivity index (χ1n) is 30.1. The second-order valence-corrected chi connectivity index (χ2v) is 24.2. The molecule has 1 amide bonds. The van der Waals surface area contributed by atoms with E-state index < -0.39 is 10.0 Å². The van der Waals surface area contributed by atoms with E-state index in [1.165, 1.54) is 36.9 Å². The fourth-order valence-corrected chi connectivity index (χ4v) is 12.2. The molecule has 0 spiro atoms. The number of nitrogens with one attached hydrogen (secondary N) is 4. The van der Waals surface area contributed by atoms with E-state index in [0.717, 1.165) is 143 Å². The van der Waals surface area contributed by atoms with Gasteiger partial charge in [-0.2, -0.15) is 4.98 Å². The van der Waals surface area contributed by atoms with Crippen LogP contribution in [-0.4, -0.2) is 143 Å². The molecule has 6 N–H and O–H groups in total. The number of carbonyl (C=O) groups is 1. The van der Waals surface area contributed by atoms with Crippen molar-refractivity contribution in [2.45, 2.75) is 11.4 Å². The van der Waals surface area contributed by atoms with Crippen LogP contribution < -0.4 is 46.3 Å². The summed E-state index contributed by atoms with van der Waals surface area (Å²) in [5.74, 6) is 0.906. The number of fused-ring (bicyclic) bond motifs is 4. The molecule has 4 aromatic carbocycles. The third-order valence-corrected chi connectivity index (χ3v) is 18.0. The monoisotopic (exact) mass is 1270 g/mol. The Morgan fingerprint density at radius 2 is 1.02 bits per heavy atom. The van der Waals surface area contributed by atoms with Crippen molar-refractivity contribution in [3.8, 4) is 45.7 Å². The van der Waals surface area contributed by atoms with Gasteiger partial charge in [0.1, 0.15) is 5.82 Å². The summed E-state index contributed by atoms with van der Waals surface area (Å²) < 4.78 is 53.2. The third-order valence-electron chi connectivity index (χ3n) is 16.2. The molecule has 0 unspecified atom stereocenters. The molecule has 3 aliphatic rings. The number of benzene rings is 4. The summed E-state index contributed by atoms with van der Waals surface area (Å²) in [6.07, 6.45) is 14.5. The van der Waals surface area contributed by atoms with Crippen LogP contribution in [0.3, 0.4) is 0 Å². The Balaban J connectivity index is 0.000000127. The number of amides is 1. The summed E-state index contributed by atoms with van der Waals surface area (Å²) in [6, 6.07) is 45.4. The molecule has 8 aromatic heterocycles. The van der Waals surface area contributed by atoms with Crippen LogP contribution in [0.2, 0.25) is 0 Å². The van der Waals surface area contributed by atoms with Crippen LogP contribution in [0.25, 0.3) is 50.7 Å². The van der Waals surface area contributed by atoms with E-state index in [9.17, 15) is 13.2 Å². The molecule has 25 heteroatoms. The largest absolute Gasteiger partial charge is 0.480 e. The van der Waals surface area contributed by atoms with Crippen molar-refractivity contribution in [2.24, 2.45) is 0 Å². The van der Waals surface area contributed by atoms with Crippen LogP contribution in [0, 0.1) is 0 Å². The first-order valence-corrected chi connectivity index (χ1v) is 31.5. The zero-order valence-corrected chi connectivity index (χ0v) is 52.3. The van der Waals surface area contributed by atoms with Crippen molar-refractivity contribution < 1.29 is 32.2 Å². The minimum absolute atomic E-state index is 0.0386. The van der Waals surface area contributed by atoms with Crippen molar-refractivity contribution in [1.29, 1.82) is 0 Å². The standard InChI is InChI=1S/C23H24N6O3.C23H21N5O3S.C22H22N6O/c1-30-22-18(15-25-23(27-22)31-2)20-8-7-19(21-24-9-10-29(20)21)26-16-3-5-17(6-4-16)28-11-13-32-14-12-28;1-27(2)32(30,31)18-6-4-17(5-7-18)26-20-9-10-21(28-12-11-24-22(20)28)15-3-8-19-16(13-15)14-25-23(19)29;23-21-8-1-16(15-25-21)20-7-6-19(22-24-9-10-28(20)22)26-17-2-4-18(5-3-17)27-11-13-29-14-12-27/h3-10,15,26H,11-14H2,1-2H3;3-13,26H,14H2,1-2H3,(H,25,29);1-10,15,26H,11-14H2,(H2,23,25). The number of morpholine rings is 2. The van der Waals surface area contributed by atoms with Gasteiger partial charge < -0.3 is 55.7 Å². The second-order valence-electron chi connectivity index (χ2n) is 22.0. The average Bonchev–Trinajstić information content (AvgIpc) is 1.77. The molecule has 0 radical (unpaired) electrons. The topological polar surface area (TPSA) is 263 Å². The number of imidazole rings is 3. The van der Waals surface area contributed by atoms with Gasteiger partial charge in [0.15, 0.2) is 16.9 Å². The lowest BCUT2D eigenvalue weighted by molar-refractivity contribution is 0.0965. The predicted octanol–water partition coefficient (Wildman–Crippen LogP) is 10.2. The number of rotatable bonds is 15. The highest BCUT2D eigenvalue weighted by molar-refractivity contribution is 7.89. The zero-order valence-electron chi connectivity index (χ0n) is 51.5. The number of ether oxygens (including phenoxy) is 4. The lowest BCUT2D eigenvalue weighted by Crippen LogP contribution is -2.36. The molecule has 0 aliphatic carbocycles. The number of carbonyl (C=O) groups excluding carboxylic acids is 1. The van der Waals surface area contributed by atoms with Crippen LogP contribution in [0.4, 0.5) is 51.3 Å². The Hall–Kier alpha value is -11.1. The summed E-state index contributed by atoms with van der Waals surface area (Å²) in [7, 11) is 2.64. The van der Waals surface area contributed by atoms with Gasteiger partial charge in [-0.05, 0) is 145 Å². The van der Waals surface area contributed by atoms with E-state index in [-0.39, 0.29) is 16.8 Å². The lowest BCUT2D eigenvalue weighted by atomic mass is 10.0. The molecular formula is C68H67N17O7S. The number of hydrogen-bond acceptors (Lipinski definition) is 19. The lowest BCUT2D eigenvalue weighted by Gasteiger charge is -2.29. The maximum atomic E-state index is 12.3. The van der Waals surface area contributed by atoms with Crippen LogP contribution in [0.1, 0.15) is 15.9 Å². The van der Waals surface area contributed by atoms with Crippen molar-refractivity contribution >= 4 is 84.2 Å². The van der Waals surface area contributed by atoms with Gasteiger partial charge in [-0.25, -0.2) is 37.6 Å². The van der Waals surface area contributed by atoms with E-state index in [1.807, 2.05) is 82.0 Å². The Kier molecular flexibility index (Phi) is 17.5. The Bertz CT molecular complexity index is 4740. The summed E-state index contributed by atoms with van der Waals surface area (Å²) in [4.78, 5) is 43.1.